The van der Waals surface area contributed by atoms with Crippen LogP contribution in [0.1, 0.15) is 0 Å². The van der Waals surface area contributed by atoms with Gasteiger partial charge < -0.3 is 10.5 Å². The molecule has 0 aliphatic carbocycles. The van der Waals surface area contributed by atoms with Gasteiger partial charge in [0.2, 0.25) is 11.8 Å². The largest absolute Gasteiger partial charge is 0.480 e. The van der Waals surface area contributed by atoms with Crippen LogP contribution in [0.5, 0.6) is 5.88 Å². The summed E-state index contributed by atoms with van der Waals surface area (Å²) in [5.41, 5.74) is 6.69. The molecule has 1 heterocycles. The zero-order valence-electron chi connectivity index (χ0n) is 8.64. The van der Waals surface area contributed by atoms with Gasteiger partial charge in [-0.05, 0) is 17.7 Å². The molecule has 1 aromatic heterocycles. The summed E-state index contributed by atoms with van der Waals surface area (Å²) in [5.74, 6) is 0.131. The van der Waals surface area contributed by atoms with Crippen molar-refractivity contribution in [1.29, 1.82) is 0 Å². The Labute approximate surface area is 91.9 Å². The van der Waals surface area contributed by atoms with Gasteiger partial charge in [-0.1, -0.05) is 12.1 Å². The molecule has 4 nitrogen and oxygen atoms in total. The minimum absolute atomic E-state index is 0.122. The lowest BCUT2D eigenvalue weighted by molar-refractivity contribution is 0.399. The van der Waals surface area contributed by atoms with Gasteiger partial charge in [-0.2, -0.15) is 4.98 Å². The molecule has 2 rings (SSSR count). The van der Waals surface area contributed by atoms with Crippen LogP contribution >= 0.6 is 0 Å². The fourth-order valence-electron chi connectivity index (χ4n) is 1.39. The number of aromatic nitrogens is 2. The standard InChI is InChI=1S/C11H10FN3O/c1-16-10-9(6-14-11(13)15-10)7-3-2-4-8(12)5-7/h2-6H,1H3,(H2,13,14,15). The van der Waals surface area contributed by atoms with E-state index in [2.05, 4.69) is 9.97 Å². The Morgan fingerprint density at radius 2 is 2.19 bits per heavy atom. The minimum atomic E-state index is -0.323. The number of anilines is 1. The zero-order chi connectivity index (χ0) is 11.5. The average molecular weight is 219 g/mol. The number of nitrogen functional groups attached to an aromatic ring is 1. The minimum Gasteiger partial charge on any atom is -0.480 e. The number of ether oxygens (including phenoxy) is 1. The van der Waals surface area contributed by atoms with E-state index in [0.29, 0.717) is 17.0 Å². The monoisotopic (exact) mass is 219 g/mol. The summed E-state index contributed by atoms with van der Waals surface area (Å²) in [5, 5.41) is 0. The van der Waals surface area contributed by atoms with Crippen molar-refractivity contribution < 1.29 is 9.13 Å². The molecule has 0 spiro atoms. The van der Waals surface area contributed by atoms with Gasteiger partial charge in [-0.3, -0.25) is 0 Å². The van der Waals surface area contributed by atoms with Crippen LogP contribution < -0.4 is 10.5 Å². The second-order valence-corrected chi connectivity index (χ2v) is 3.16. The van der Waals surface area contributed by atoms with Crippen LogP contribution in [0.2, 0.25) is 0 Å². The Morgan fingerprint density at radius 3 is 2.88 bits per heavy atom. The molecular weight excluding hydrogens is 209 g/mol. The van der Waals surface area contributed by atoms with Gasteiger partial charge in [0.1, 0.15) is 5.82 Å². The van der Waals surface area contributed by atoms with Gasteiger partial charge in [0.05, 0.1) is 12.7 Å². The van der Waals surface area contributed by atoms with Crippen molar-refractivity contribution in [3.05, 3.63) is 36.3 Å². The molecule has 0 bridgehead atoms. The zero-order valence-corrected chi connectivity index (χ0v) is 8.64. The Bertz CT molecular complexity index is 516. The lowest BCUT2D eigenvalue weighted by Gasteiger charge is -2.07. The fourth-order valence-corrected chi connectivity index (χ4v) is 1.39. The van der Waals surface area contributed by atoms with E-state index < -0.39 is 0 Å². The van der Waals surface area contributed by atoms with Crippen LogP contribution in [0.4, 0.5) is 10.3 Å². The van der Waals surface area contributed by atoms with Gasteiger partial charge in [0.25, 0.3) is 0 Å². The number of nitrogens with two attached hydrogens (primary N) is 1. The third-order valence-electron chi connectivity index (χ3n) is 2.10. The van der Waals surface area contributed by atoms with Gasteiger partial charge in [-0.25, -0.2) is 9.37 Å². The summed E-state index contributed by atoms with van der Waals surface area (Å²) >= 11 is 0. The third-order valence-corrected chi connectivity index (χ3v) is 2.10. The van der Waals surface area contributed by atoms with E-state index >= 15 is 0 Å². The van der Waals surface area contributed by atoms with Crippen molar-refractivity contribution in [2.75, 3.05) is 12.8 Å². The van der Waals surface area contributed by atoms with Crippen molar-refractivity contribution in [2.45, 2.75) is 0 Å². The van der Waals surface area contributed by atoms with Gasteiger partial charge in [-0.15, -0.1) is 0 Å². The number of methoxy groups -OCH3 is 1. The SMILES string of the molecule is COc1nc(N)ncc1-c1cccc(F)c1. The normalized spacial score (nSPS) is 10.1. The van der Waals surface area contributed by atoms with Crippen LogP contribution in [0, 0.1) is 5.82 Å². The van der Waals surface area contributed by atoms with E-state index in [-0.39, 0.29) is 11.8 Å². The number of rotatable bonds is 2. The first kappa shape index (κ1) is 10.4. The Hall–Kier alpha value is -2.17. The first-order chi connectivity index (χ1) is 7.70. The quantitative estimate of drug-likeness (QED) is 0.837. The maximum Gasteiger partial charge on any atom is 0.225 e. The molecule has 0 aliphatic rings. The average Bonchev–Trinajstić information content (AvgIpc) is 2.28. The number of benzene rings is 1. The van der Waals surface area contributed by atoms with Crippen molar-refractivity contribution in [2.24, 2.45) is 0 Å². The molecule has 0 saturated carbocycles. The van der Waals surface area contributed by atoms with Crippen LogP contribution in [0.25, 0.3) is 11.1 Å². The maximum absolute atomic E-state index is 13.1. The molecule has 0 atom stereocenters. The predicted octanol–water partition coefficient (Wildman–Crippen LogP) is 1.87. The summed E-state index contributed by atoms with van der Waals surface area (Å²) < 4.78 is 18.1. The summed E-state index contributed by atoms with van der Waals surface area (Å²) in [4.78, 5) is 7.78. The Kier molecular flexibility index (Phi) is 2.68. The van der Waals surface area contributed by atoms with E-state index in [1.165, 1.54) is 25.4 Å². The van der Waals surface area contributed by atoms with E-state index in [1.807, 2.05) is 0 Å². The van der Waals surface area contributed by atoms with E-state index in [1.54, 1.807) is 12.1 Å². The Morgan fingerprint density at radius 1 is 1.38 bits per heavy atom. The molecule has 0 fully saturated rings. The summed E-state index contributed by atoms with van der Waals surface area (Å²) in [6, 6.07) is 6.12. The van der Waals surface area contributed by atoms with Crippen molar-refractivity contribution in [1.82, 2.24) is 9.97 Å². The number of nitrogens with zero attached hydrogens (tertiary/aromatic N) is 2. The third kappa shape index (κ3) is 1.93. The topological polar surface area (TPSA) is 61.0 Å². The summed E-state index contributed by atoms with van der Waals surface area (Å²) in [6.07, 6.45) is 1.51. The first-order valence-corrected chi connectivity index (χ1v) is 4.63. The van der Waals surface area contributed by atoms with Crippen LogP contribution in [-0.2, 0) is 0 Å². The molecule has 1 aromatic carbocycles. The molecular formula is C11H10FN3O. The lowest BCUT2D eigenvalue weighted by atomic mass is 10.1. The smallest absolute Gasteiger partial charge is 0.225 e. The van der Waals surface area contributed by atoms with Crippen LogP contribution in [0.15, 0.2) is 30.5 Å². The highest BCUT2D eigenvalue weighted by atomic mass is 19.1. The molecule has 16 heavy (non-hydrogen) atoms. The van der Waals surface area contributed by atoms with Gasteiger partial charge >= 0.3 is 0 Å². The van der Waals surface area contributed by atoms with Crippen LogP contribution in [0.3, 0.4) is 0 Å². The van der Waals surface area contributed by atoms with Crippen molar-refractivity contribution >= 4 is 5.95 Å². The van der Waals surface area contributed by atoms with Gasteiger partial charge in [0, 0.05) is 6.20 Å². The van der Waals surface area contributed by atoms with Crippen LogP contribution in [-0.4, -0.2) is 17.1 Å². The Balaban J connectivity index is 2.55. The number of halogens is 1. The first-order valence-electron chi connectivity index (χ1n) is 4.63. The predicted molar refractivity (Wildman–Crippen MR) is 58.4 cm³/mol. The summed E-state index contributed by atoms with van der Waals surface area (Å²) in [7, 11) is 1.48. The van der Waals surface area contributed by atoms with E-state index in [0.717, 1.165) is 0 Å². The highest BCUT2D eigenvalue weighted by molar-refractivity contribution is 5.68. The highest BCUT2D eigenvalue weighted by Gasteiger charge is 2.09. The molecule has 0 radical (unpaired) electrons. The fraction of sp³-hybridized carbons (Fsp3) is 0.0909. The molecule has 2 N–H and O–H groups in total. The van der Waals surface area contributed by atoms with Gasteiger partial charge in [0.15, 0.2) is 0 Å². The van der Waals surface area contributed by atoms with E-state index in [9.17, 15) is 4.39 Å². The lowest BCUT2D eigenvalue weighted by Crippen LogP contribution is -1.99. The maximum atomic E-state index is 13.1. The molecule has 82 valence electrons. The second-order valence-electron chi connectivity index (χ2n) is 3.16. The van der Waals surface area contributed by atoms with E-state index in [4.69, 9.17) is 10.5 Å². The molecule has 0 amide bonds. The second kappa shape index (κ2) is 4.14. The van der Waals surface area contributed by atoms with Crippen molar-refractivity contribution in [3.63, 3.8) is 0 Å². The molecule has 0 saturated heterocycles. The summed E-state index contributed by atoms with van der Waals surface area (Å²) in [6.45, 7) is 0. The highest BCUT2D eigenvalue weighted by Crippen LogP contribution is 2.27. The number of hydrogen-bond acceptors (Lipinski definition) is 4. The molecule has 0 unspecified atom stereocenters. The molecule has 0 aliphatic heterocycles. The molecule has 2 aromatic rings. The number of hydrogen-bond donors (Lipinski definition) is 1. The molecule has 5 heteroatoms. The van der Waals surface area contributed by atoms with Crippen molar-refractivity contribution in [3.8, 4) is 17.0 Å².